The fourth-order valence-corrected chi connectivity index (χ4v) is 3.43. The molecule has 4 rings (SSSR count). The van der Waals surface area contributed by atoms with Gasteiger partial charge in [-0.2, -0.15) is 5.10 Å². The van der Waals surface area contributed by atoms with Crippen LogP contribution in [0.1, 0.15) is 29.0 Å². The van der Waals surface area contributed by atoms with Crippen LogP contribution in [0, 0.1) is 0 Å². The molecule has 0 unspecified atom stereocenters. The number of hydrogen-bond acceptors (Lipinski definition) is 3. The highest BCUT2D eigenvalue weighted by atomic mass is 35.5. The molecule has 132 valence electrons. The number of aromatic nitrogens is 2. The first-order valence-electron chi connectivity index (χ1n) is 8.38. The van der Waals surface area contributed by atoms with Crippen LogP contribution >= 0.6 is 11.6 Å². The molecule has 0 fully saturated rings. The molecule has 0 bridgehead atoms. The molecule has 26 heavy (non-hydrogen) atoms. The van der Waals surface area contributed by atoms with Crippen LogP contribution in [0.5, 0.6) is 5.75 Å². The Balaban J connectivity index is 1.69. The predicted molar refractivity (Wildman–Crippen MR) is 101 cm³/mol. The molecule has 1 atom stereocenters. The summed E-state index contributed by atoms with van der Waals surface area (Å²) in [4.78, 5) is 12.3. The predicted octanol–water partition coefficient (Wildman–Crippen LogP) is 4.07. The molecule has 0 spiro atoms. The lowest BCUT2D eigenvalue weighted by Crippen LogP contribution is -2.25. The van der Waals surface area contributed by atoms with Crippen LogP contribution < -0.4 is 10.1 Å². The number of benzene rings is 2. The van der Waals surface area contributed by atoms with Gasteiger partial charge in [-0.05, 0) is 35.4 Å². The smallest absolute Gasteiger partial charge is 0.226 e. The van der Waals surface area contributed by atoms with E-state index in [-0.39, 0.29) is 11.8 Å². The molecule has 0 saturated carbocycles. The highest BCUT2D eigenvalue weighted by Gasteiger charge is 2.30. The first-order chi connectivity index (χ1) is 12.6. The summed E-state index contributed by atoms with van der Waals surface area (Å²) >= 11 is 5.95. The van der Waals surface area contributed by atoms with Crippen molar-refractivity contribution in [3.05, 3.63) is 76.4 Å². The van der Waals surface area contributed by atoms with Crippen molar-refractivity contribution in [1.82, 2.24) is 9.78 Å². The Kier molecular flexibility index (Phi) is 4.39. The summed E-state index contributed by atoms with van der Waals surface area (Å²) in [6.45, 7) is 0.567. The molecule has 0 saturated heterocycles. The van der Waals surface area contributed by atoms with Gasteiger partial charge in [-0.15, -0.1) is 0 Å². The Bertz CT molecular complexity index is 950. The number of halogens is 1. The molecule has 1 amide bonds. The molecule has 2 aromatic carbocycles. The van der Waals surface area contributed by atoms with Gasteiger partial charge in [0.15, 0.2) is 0 Å². The molecule has 2 heterocycles. The van der Waals surface area contributed by atoms with Crippen molar-refractivity contribution >= 4 is 23.3 Å². The third-order valence-electron chi connectivity index (χ3n) is 4.63. The highest BCUT2D eigenvalue weighted by molar-refractivity contribution is 6.30. The maximum absolute atomic E-state index is 12.3. The molecule has 1 aliphatic heterocycles. The van der Waals surface area contributed by atoms with E-state index >= 15 is 0 Å². The Labute approximate surface area is 156 Å². The van der Waals surface area contributed by atoms with Crippen LogP contribution in [-0.2, 0) is 11.3 Å². The molecular weight excluding hydrogens is 350 g/mol. The minimum Gasteiger partial charge on any atom is -0.497 e. The topological polar surface area (TPSA) is 56.1 Å². The van der Waals surface area contributed by atoms with E-state index in [1.807, 2.05) is 59.4 Å². The Morgan fingerprint density at radius 1 is 1.27 bits per heavy atom. The minimum atomic E-state index is -0.0344. The van der Waals surface area contributed by atoms with E-state index in [9.17, 15) is 4.79 Å². The van der Waals surface area contributed by atoms with Crippen LogP contribution in [-0.4, -0.2) is 22.8 Å². The van der Waals surface area contributed by atoms with Gasteiger partial charge < -0.3 is 10.1 Å². The summed E-state index contributed by atoms with van der Waals surface area (Å²) in [7, 11) is 1.64. The molecule has 1 aromatic heterocycles. The van der Waals surface area contributed by atoms with Gasteiger partial charge in [-0.25, -0.2) is 4.68 Å². The molecule has 0 aliphatic carbocycles. The second kappa shape index (κ2) is 6.84. The van der Waals surface area contributed by atoms with Crippen molar-refractivity contribution in [3.63, 3.8) is 0 Å². The molecule has 6 heteroatoms. The number of nitrogens with one attached hydrogen (secondary N) is 1. The lowest BCUT2D eigenvalue weighted by atomic mass is 9.87. The van der Waals surface area contributed by atoms with E-state index in [0.717, 1.165) is 28.3 Å². The first-order valence-corrected chi connectivity index (χ1v) is 8.76. The van der Waals surface area contributed by atoms with E-state index in [4.69, 9.17) is 16.3 Å². The summed E-state index contributed by atoms with van der Waals surface area (Å²) in [6.07, 6.45) is 2.24. The van der Waals surface area contributed by atoms with Crippen molar-refractivity contribution in [2.24, 2.45) is 0 Å². The van der Waals surface area contributed by atoms with E-state index in [1.54, 1.807) is 7.11 Å². The average molecular weight is 368 g/mol. The van der Waals surface area contributed by atoms with E-state index in [2.05, 4.69) is 10.4 Å². The zero-order valence-corrected chi connectivity index (χ0v) is 15.0. The van der Waals surface area contributed by atoms with E-state index in [0.29, 0.717) is 18.0 Å². The number of anilines is 1. The zero-order valence-electron chi connectivity index (χ0n) is 14.3. The third kappa shape index (κ3) is 3.18. The Morgan fingerprint density at radius 3 is 2.85 bits per heavy atom. The second-order valence-corrected chi connectivity index (χ2v) is 6.75. The quantitative estimate of drug-likeness (QED) is 0.756. The molecular formula is C20H18ClN3O2. The normalized spacial score (nSPS) is 16.1. The van der Waals surface area contributed by atoms with Gasteiger partial charge in [0.1, 0.15) is 11.6 Å². The van der Waals surface area contributed by atoms with Gasteiger partial charge >= 0.3 is 0 Å². The summed E-state index contributed by atoms with van der Waals surface area (Å²) in [5.41, 5.74) is 3.14. The largest absolute Gasteiger partial charge is 0.497 e. The van der Waals surface area contributed by atoms with Gasteiger partial charge in [-0.1, -0.05) is 35.9 Å². The van der Waals surface area contributed by atoms with Gasteiger partial charge in [0, 0.05) is 22.9 Å². The lowest BCUT2D eigenvalue weighted by Gasteiger charge is -2.24. The Hall–Kier alpha value is -2.79. The number of amides is 1. The van der Waals surface area contributed by atoms with Gasteiger partial charge in [-0.3, -0.25) is 4.79 Å². The zero-order chi connectivity index (χ0) is 18.1. The maximum Gasteiger partial charge on any atom is 0.226 e. The molecule has 0 radical (unpaired) electrons. The van der Waals surface area contributed by atoms with Crippen molar-refractivity contribution in [3.8, 4) is 5.75 Å². The maximum atomic E-state index is 12.3. The van der Waals surface area contributed by atoms with Crippen molar-refractivity contribution in [2.45, 2.75) is 18.9 Å². The number of methoxy groups -OCH3 is 1. The highest BCUT2D eigenvalue weighted by Crippen LogP contribution is 2.38. The van der Waals surface area contributed by atoms with Crippen LogP contribution in [0.25, 0.3) is 0 Å². The number of rotatable bonds is 4. The minimum absolute atomic E-state index is 0.0109. The number of carbonyl (C=O) groups is 1. The summed E-state index contributed by atoms with van der Waals surface area (Å²) in [6, 6.07) is 15.5. The average Bonchev–Trinajstić information content (AvgIpc) is 3.05. The summed E-state index contributed by atoms with van der Waals surface area (Å²) in [5, 5.41) is 8.18. The second-order valence-electron chi connectivity index (χ2n) is 6.31. The van der Waals surface area contributed by atoms with Crippen LogP contribution in [0.4, 0.5) is 5.82 Å². The monoisotopic (exact) mass is 367 g/mol. The number of fused-ring (bicyclic) bond motifs is 1. The van der Waals surface area contributed by atoms with Gasteiger partial charge in [0.25, 0.3) is 0 Å². The summed E-state index contributed by atoms with van der Waals surface area (Å²) in [5.74, 6) is 1.49. The molecule has 3 aromatic rings. The van der Waals surface area contributed by atoms with Crippen LogP contribution in [0.2, 0.25) is 5.02 Å². The molecule has 1 N–H and O–H groups in total. The summed E-state index contributed by atoms with van der Waals surface area (Å²) < 4.78 is 7.14. The molecule has 5 nitrogen and oxygen atoms in total. The standard InChI is InChI=1S/C20H18ClN3O2/c1-26-16-4-2-3-14(9-16)17-10-19(25)23-20-18(17)11-22-24(20)12-13-5-7-15(21)8-6-13/h2-9,11,17H,10,12H2,1H3,(H,23,25)/t17-/m1/s1. The van der Waals surface area contributed by atoms with Crippen molar-refractivity contribution in [2.75, 3.05) is 12.4 Å². The van der Waals surface area contributed by atoms with E-state index < -0.39 is 0 Å². The lowest BCUT2D eigenvalue weighted by molar-refractivity contribution is -0.116. The fraction of sp³-hybridized carbons (Fsp3) is 0.200. The number of hydrogen-bond donors (Lipinski definition) is 1. The van der Waals surface area contributed by atoms with Gasteiger partial charge in [0.2, 0.25) is 5.91 Å². The third-order valence-corrected chi connectivity index (χ3v) is 4.88. The fourth-order valence-electron chi connectivity index (χ4n) is 3.31. The van der Waals surface area contributed by atoms with Gasteiger partial charge in [0.05, 0.1) is 19.9 Å². The number of nitrogens with zero attached hydrogens (tertiary/aromatic N) is 2. The van der Waals surface area contributed by atoms with Crippen LogP contribution in [0.15, 0.2) is 54.7 Å². The molecule has 1 aliphatic rings. The van der Waals surface area contributed by atoms with E-state index in [1.165, 1.54) is 0 Å². The van der Waals surface area contributed by atoms with Crippen molar-refractivity contribution in [1.29, 1.82) is 0 Å². The number of ether oxygens (including phenoxy) is 1. The van der Waals surface area contributed by atoms with Crippen LogP contribution in [0.3, 0.4) is 0 Å². The SMILES string of the molecule is COc1cccc([C@H]2CC(=O)Nc3c2cnn3Cc2ccc(Cl)cc2)c1. The Morgan fingerprint density at radius 2 is 2.08 bits per heavy atom. The first kappa shape index (κ1) is 16.7. The van der Waals surface area contributed by atoms with Crippen molar-refractivity contribution < 1.29 is 9.53 Å². The number of carbonyl (C=O) groups excluding carboxylic acids is 1.